The van der Waals surface area contributed by atoms with E-state index in [1.807, 2.05) is 16.7 Å². The molecule has 8 heteroatoms. The summed E-state index contributed by atoms with van der Waals surface area (Å²) in [7, 11) is 0. The second-order valence-electron chi connectivity index (χ2n) is 8.16. The Morgan fingerprint density at radius 1 is 0.967 bits per heavy atom. The fraction of sp³-hybridized carbons (Fsp3) is 0.500. The molecule has 5 rings (SSSR count). The van der Waals surface area contributed by atoms with Crippen molar-refractivity contribution in [2.24, 2.45) is 0 Å². The molecule has 4 heterocycles. The van der Waals surface area contributed by atoms with E-state index in [9.17, 15) is 0 Å². The van der Waals surface area contributed by atoms with Gasteiger partial charge in [0.15, 0.2) is 0 Å². The van der Waals surface area contributed by atoms with Crippen LogP contribution >= 0.6 is 0 Å². The maximum atomic E-state index is 6.21. The van der Waals surface area contributed by atoms with Crippen molar-refractivity contribution in [3.63, 3.8) is 0 Å². The third kappa shape index (κ3) is 4.45. The third-order valence-corrected chi connectivity index (χ3v) is 6.03. The number of piperazine rings is 1. The lowest BCUT2D eigenvalue weighted by atomic mass is 10.2. The zero-order chi connectivity index (χ0) is 20.2. The molecular formula is C22H29N7O. The van der Waals surface area contributed by atoms with Crippen LogP contribution < -0.4 is 4.90 Å². The van der Waals surface area contributed by atoms with Crippen molar-refractivity contribution in [1.29, 1.82) is 0 Å². The highest BCUT2D eigenvalue weighted by molar-refractivity contribution is 5.46. The highest BCUT2D eigenvalue weighted by Crippen LogP contribution is 2.18. The zero-order valence-electron chi connectivity index (χ0n) is 17.3. The standard InChI is InChI=1S/C22H29N7O/c1-2-5-19(6-3-1)15-27-9-4-14-30-20(17-27)16-26-10-12-28(13-11-26)21-7-8-23-22-25-24-18-29(21)22/h1-3,5-8,18,20H,4,9-17H2. The average molecular weight is 408 g/mol. The Kier molecular flexibility index (Phi) is 5.87. The topological polar surface area (TPSA) is 62.0 Å². The van der Waals surface area contributed by atoms with Crippen molar-refractivity contribution < 1.29 is 4.74 Å². The minimum Gasteiger partial charge on any atom is -0.376 e. The fourth-order valence-electron chi connectivity index (χ4n) is 4.50. The van der Waals surface area contributed by atoms with Crippen molar-refractivity contribution in [2.75, 3.05) is 57.3 Å². The molecule has 0 spiro atoms. The molecule has 2 saturated heterocycles. The van der Waals surface area contributed by atoms with Crippen LogP contribution in [0.4, 0.5) is 5.82 Å². The average Bonchev–Trinajstić information content (AvgIpc) is 3.16. The first-order chi connectivity index (χ1) is 14.8. The van der Waals surface area contributed by atoms with Crippen LogP contribution in [0.1, 0.15) is 12.0 Å². The van der Waals surface area contributed by atoms with E-state index in [-0.39, 0.29) is 6.10 Å². The van der Waals surface area contributed by atoms with Crippen LogP contribution in [0.3, 0.4) is 0 Å². The molecule has 0 amide bonds. The highest BCUT2D eigenvalue weighted by atomic mass is 16.5. The van der Waals surface area contributed by atoms with Gasteiger partial charge in [-0.25, -0.2) is 4.98 Å². The van der Waals surface area contributed by atoms with E-state index in [2.05, 4.69) is 60.2 Å². The van der Waals surface area contributed by atoms with Crippen LogP contribution in [0.15, 0.2) is 48.9 Å². The Balaban J connectivity index is 1.16. The molecule has 158 valence electrons. The van der Waals surface area contributed by atoms with Gasteiger partial charge >= 0.3 is 0 Å². The highest BCUT2D eigenvalue weighted by Gasteiger charge is 2.25. The van der Waals surface area contributed by atoms with E-state index in [1.165, 1.54) is 5.56 Å². The molecule has 3 aromatic rings. The minimum absolute atomic E-state index is 0.272. The molecule has 2 fully saturated rings. The smallest absolute Gasteiger partial charge is 0.256 e. The van der Waals surface area contributed by atoms with Gasteiger partial charge in [0.05, 0.1) is 6.10 Å². The molecule has 2 aliphatic heterocycles. The van der Waals surface area contributed by atoms with Crippen LogP contribution in [0, 0.1) is 0 Å². The molecule has 0 saturated carbocycles. The van der Waals surface area contributed by atoms with Crippen LogP contribution in [0.2, 0.25) is 0 Å². The summed E-state index contributed by atoms with van der Waals surface area (Å²) in [5.74, 6) is 1.77. The van der Waals surface area contributed by atoms with E-state index in [0.29, 0.717) is 5.78 Å². The number of anilines is 1. The summed E-state index contributed by atoms with van der Waals surface area (Å²) < 4.78 is 8.17. The lowest BCUT2D eigenvalue weighted by molar-refractivity contribution is 0.0245. The monoisotopic (exact) mass is 407 g/mol. The number of hydrogen-bond donors (Lipinski definition) is 0. The Labute approximate surface area is 177 Å². The lowest BCUT2D eigenvalue weighted by Crippen LogP contribution is -2.50. The van der Waals surface area contributed by atoms with Gasteiger partial charge in [-0.1, -0.05) is 30.3 Å². The van der Waals surface area contributed by atoms with Gasteiger partial charge in [-0.15, -0.1) is 10.2 Å². The quantitative estimate of drug-likeness (QED) is 0.636. The van der Waals surface area contributed by atoms with E-state index < -0.39 is 0 Å². The van der Waals surface area contributed by atoms with Gasteiger partial charge < -0.3 is 9.64 Å². The van der Waals surface area contributed by atoms with Gasteiger partial charge in [0.1, 0.15) is 12.1 Å². The van der Waals surface area contributed by atoms with Crippen LogP contribution in [0.25, 0.3) is 5.78 Å². The maximum absolute atomic E-state index is 6.21. The summed E-state index contributed by atoms with van der Waals surface area (Å²) in [6, 6.07) is 12.8. The third-order valence-electron chi connectivity index (χ3n) is 6.03. The first-order valence-corrected chi connectivity index (χ1v) is 10.8. The second-order valence-corrected chi connectivity index (χ2v) is 8.16. The van der Waals surface area contributed by atoms with Crippen molar-refractivity contribution in [2.45, 2.75) is 19.1 Å². The second kappa shape index (κ2) is 9.07. The first-order valence-electron chi connectivity index (χ1n) is 10.8. The van der Waals surface area contributed by atoms with Crippen LogP contribution in [0.5, 0.6) is 0 Å². The molecule has 0 bridgehead atoms. The number of ether oxygens (including phenoxy) is 1. The summed E-state index contributed by atoms with van der Waals surface area (Å²) in [5.41, 5.74) is 1.38. The Bertz CT molecular complexity index is 939. The summed E-state index contributed by atoms with van der Waals surface area (Å²) in [4.78, 5) is 11.7. The summed E-state index contributed by atoms with van der Waals surface area (Å²) in [6.07, 6.45) is 4.93. The molecule has 2 aromatic heterocycles. The van der Waals surface area contributed by atoms with Crippen LogP contribution in [-0.4, -0.2) is 87.9 Å². The number of nitrogens with zero attached hydrogens (tertiary/aromatic N) is 7. The van der Waals surface area contributed by atoms with Gasteiger partial charge in [-0.05, 0) is 18.1 Å². The molecule has 1 atom stereocenters. The molecule has 1 aromatic carbocycles. The minimum atomic E-state index is 0.272. The predicted molar refractivity (Wildman–Crippen MR) is 116 cm³/mol. The van der Waals surface area contributed by atoms with E-state index in [1.54, 1.807) is 6.33 Å². The lowest BCUT2D eigenvalue weighted by Gasteiger charge is -2.37. The summed E-state index contributed by atoms with van der Waals surface area (Å²) in [6.45, 7) is 9.00. The number of fused-ring (bicyclic) bond motifs is 1. The van der Waals surface area contributed by atoms with Crippen molar-refractivity contribution in [3.05, 3.63) is 54.5 Å². The fourth-order valence-corrected chi connectivity index (χ4v) is 4.50. The maximum Gasteiger partial charge on any atom is 0.256 e. The normalized spacial score (nSPS) is 21.7. The number of rotatable bonds is 5. The Morgan fingerprint density at radius 2 is 1.83 bits per heavy atom. The number of benzene rings is 1. The SMILES string of the molecule is c1ccc(CN2CCCOC(CN3CCN(c4ccnc5nncn45)CC3)C2)cc1. The Hall–Kier alpha value is -2.55. The molecule has 0 N–H and O–H groups in total. The first kappa shape index (κ1) is 19.4. The predicted octanol–water partition coefficient (Wildman–Crippen LogP) is 1.54. The van der Waals surface area contributed by atoms with Crippen molar-refractivity contribution >= 4 is 11.6 Å². The molecule has 2 aliphatic rings. The summed E-state index contributed by atoms with van der Waals surface area (Å²) in [5, 5.41) is 8.04. The molecular weight excluding hydrogens is 378 g/mol. The van der Waals surface area contributed by atoms with Crippen LogP contribution in [-0.2, 0) is 11.3 Å². The Morgan fingerprint density at radius 3 is 2.70 bits per heavy atom. The van der Waals surface area contributed by atoms with Crippen molar-refractivity contribution in [3.8, 4) is 0 Å². The molecule has 0 aliphatic carbocycles. The molecule has 30 heavy (non-hydrogen) atoms. The van der Waals surface area contributed by atoms with Gasteiger partial charge in [-0.3, -0.25) is 14.2 Å². The van der Waals surface area contributed by atoms with E-state index >= 15 is 0 Å². The van der Waals surface area contributed by atoms with Gasteiger partial charge in [0.25, 0.3) is 5.78 Å². The van der Waals surface area contributed by atoms with Gasteiger partial charge in [0, 0.05) is 65.2 Å². The van der Waals surface area contributed by atoms with Gasteiger partial charge in [0.2, 0.25) is 0 Å². The van der Waals surface area contributed by atoms with E-state index in [4.69, 9.17) is 4.74 Å². The molecule has 0 radical (unpaired) electrons. The number of hydrogen-bond acceptors (Lipinski definition) is 7. The van der Waals surface area contributed by atoms with Crippen molar-refractivity contribution in [1.82, 2.24) is 29.4 Å². The molecule has 1 unspecified atom stereocenters. The number of aromatic nitrogens is 4. The zero-order valence-corrected chi connectivity index (χ0v) is 17.3. The largest absolute Gasteiger partial charge is 0.376 e. The summed E-state index contributed by atoms with van der Waals surface area (Å²) >= 11 is 0. The van der Waals surface area contributed by atoms with E-state index in [0.717, 1.165) is 71.2 Å². The van der Waals surface area contributed by atoms with Gasteiger partial charge in [-0.2, -0.15) is 0 Å². The molecule has 8 nitrogen and oxygen atoms in total.